The lowest BCUT2D eigenvalue weighted by atomic mass is 9.85. The molecule has 0 saturated carbocycles. The van der Waals surface area contributed by atoms with Gasteiger partial charge in [0, 0.05) is 57.1 Å². The summed E-state index contributed by atoms with van der Waals surface area (Å²) in [6.07, 6.45) is -6.57. The molecule has 0 unspecified atom stereocenters. The van der Waals surface area contributed by atoms with Crippen molar-refractivity contribution < 1.29 is 46.5 Å². The van der Waals surface area contributed by atoms with Gasteiger partial charge in [-0.3, -0.25) is 14.6 Å². The molecule has 2 aromatic rings. The summed E-state index contributed by atoms with van der Waals surface area (Å²) in [7, 11) is 0. The van der Waals surface area contributed by atoms with Crippen molar-refractivity contribution in [2.24, 2.45) is 5.41 Å². The highest BCUT2D eigenvalue weighted by atomic mass is 19.4. The second kappa shape index (κ2) is 14.2. The van der Waals surface area contributed by atoms with Gasteiger partial charge in [-0.05, 0) is 46.9 Å². The van der Waals surface area contributed by atoms with E-state index in [0.717, 1.165) is 67.2 Å². The Hall–Kier alpha value is -4.11. The number of alkyl halides is 3. The number of hydrogen-bond acceptors (Lipinski definition) is 8. The number of hydrogen-bond donors (Lipinski definition) is 3. The lowest BCUT2D eigenvalue weighted by molar-refractivity contribution is -0.149. The zero-order valence-electron chi connectivity index (χ0n) is 27.1. The van der Waals surface area contributed by atoms with Crippen molar-refractivity contribution in [3.8, 4) is 0 Å². The molecule has 0 aliphatic carbocycles. The maximum absolute atomic E-state index is 14.1. The Morgan fingerprint density at radius 3 is 2.40 bits per heavy atom. The van der Waals surface area contributed by atoms with E-state index in [-0.39, 0.29) is 18.7 Å². The summed E-state index contributed by atoms with van der Waals surface area (Å²) in [4.78, 5) is 44.2. The van der Waals surface area contributed by atoms with Gasteiger partial charge < -0.3 is 30.1 Å². The maximum atomic E-state index is 14.1. The van der Waals surface area contributed by atoms with Gasteiger partial charge in [0.2, 0.25) is 5.91 Å². The molecule has 11 nitrogen and oxygen atoms in total. The number of carbonyl (C=O) groups excluding carboxylic acids is 2. The van der Waals surface area contributed by atoms with Gasteiger partial charge in [0.1, 0.15) is 24.0 Å². The highest BCUT2D eigenvalue weighted by Crippen LogP contribution is 2.34. The molecule has 262 valence electrons. The number of ether oxygens (including phenoxy) is 2. The molecule has 2 amide bonds. The number of halogens is 4. The summed E-state index contributed by atoms with van der Waals surface area (Å²) >= 11 is 0. The van der Waals surface area contributed by atoms with E-state index in [2.05, 4.69) is 15.5 Å². The Morgan fingerprint density at radius 1 is 1.02 bits per heavy atom. The Bertz CT molecular complexity index is 1510. The van der Waals surface area contributed by atoms with E-state index in [1.54, 1.807) is 20.8 Å². The summed E-state index contributed by atoms with van der Waals surface area (Å²) in [6.45, 7) is 10.2. The van der Waals surface area contributed by atoms with Gasteiger partial charge in [0.05, 0.1) is 25.3 Å². The Kier molecular flexibility index (Phi) is 10.4. The Balaban J connectivity index is 1.21. The number of carboxylic acids is 1. The fourth-order valence-corrected chi connectivity index (χ4v) is 6.21. The first kappa shape index (κ1) is 35.2. The summed E-state index contributed by atoms with van der Waals surface area (Å²) < 4.78 is 65.2. The normalized spacial score (nSPS) is 20.7. The summed E-state index contributed by atoms with van der Waals surface area (Å²) in [5.74, 6) is -3.19. The van der Waals surface area contributed by atoms with Crippen LogP contribution in [0.1, 0.15) is 43.9 Å². The fourth-order valence-electron chi connectivity index (χ4n) is 6.21. The number of fused-ring (bicyclic) bond motifs is 1. The average molecular weight is 680 g/mol. The maximum Gasteiger partial charge on any atom is 0.416 e. The third kappa shape index (κ3) is 8.48. The number of aliphatic carboxylic acids is 1. The molecule has 48 heavy (non-hydrogen) atoms. The highest BCUT2D eigenvalue weighted by Gasteiger charge is 2.46. The van der Waals surface area contributed by atoms with Crippen LogP contribution in [0.15, 0.2) is 36.4 Å². The molecular formula is C33H41F4N5O6. The monoisotopic (exact) mass is 679 g/mol. The molecule has 3 aliphatic rings. The number of amides is 2. The number of carbonyl (C=O) groups is 3. The smallest absolute Gasteiger partial charge is 0.416 e. The number of carboxylic acid groups (broad SMARTS) is 1. The van der Waals surface area contributed by atoms with Crippen molar-refractivity contribution in [3.63, 3.8) is 0 Å². The van der Waals surface area contributed by atoms with Crippen LogP contribution in [-0.4, -0.2) is 102 Å². The number of nitrogens with zero attached hydrogens (tertiary/aromatic N) is 3. The van der Waals surface area contributed by atoms with Crippen LogP contribution in [-0.2, 0) is 38.3 Å². The second-order valence-corrected chi connectivity index (χ2v) is 13.5. The van der Waals surface area contributed by atoms with Gasteiger partial charge in [-0.1, -0.05) is 26.8 Å². The van der Waals surface area contributed by atoms with Gasteiger partial charge in [-0.15, -0.1) is 0 Å². The SMILES string of the molecule is CC(C)(C)[C@H](Nc1cc(F)cc(C(F)(F)F)c1)C(=O)N1C[C@H](OC(=O)N2Cc3ccc(NCCN4CCOCC4)cc3C2)C[C@H]1C(=O)O. The van der Waals surface area contributed by atoms with Crippen LogP contribution in [0.2, 0.25) is 0 Å². The number of benzene rings is 2. The fraction of sp³-hybridized carbons (Fsp3) is 0.545. The van der Waals surface area contributed by atoms with Gasteiger partial charge >= 0.3 is 18.2 Å². The molecule has 0 bridgehead atoms. The van der Waals surface area contributed by atoms with E-state index in [9.17, 15) is 37.1 Å². The van der Waals surface area contributed by atoms with Crippen molar-refractivity contribution in [1.82, 2.24) is 14.7 Å². The molecule has 0 aromatic heterocycles. The number of rotatable bonds is 9. The summed E-state index contributed by atoms with van der Waals surface area (Å²) in [5, 5.41) is 16.1. The van der Waals surface area contributed by atoms with Gasteiger partial charge in [-0.25, -0.2) is 14.0 Å². The van der Waals surface area contributed by atoms with Gasteiger partial charge in [0.25, 0.3) is 0 Å². The van der Waals surface area contributed by atoms with Crippen molar-refractivity contribution >= 4 is 29.3 Å². The van der Waals surface area contributed by atoms with E-state index in [4.69, 9.17) is 9.47 Å². The molecule has 2 fully saturated rings. The van der Waals surface area contributed by atoms with Crippen molar-refractivity contribution in [1.29, 1.82) is 0 Å². The molecule has 0 spiro atoms. The van der Waals surface area contributed by atoms with Crippen LogP contribution in [0.25, 0.3) is 0 Å². The van der Waals surface area contributed by atoms with Crippen LogP contribution in [0.5, 0.6) is 0 Å². The standard InChI is InChI=1S/C33H41F4N5O6/c1-32(2,3)28(39-25-14-22(33(35,36)37)13-23(34)15-25)29(43)42-19-26(16-27(42)30(44)45)48-31(46)41-17-20-4-5-24(12-21(20)18-41)38-6-7-40-8-10-47-11-9-40/h4-5,12-15,26-28,38-39H,6-11,16-19H2,1-3H3,(H,44,45)/t26-,27+,28-/m1/s1. The molecule has 2 aromatic carbocycles. The minimum Gasteiger partial charge on any atom is -0.480 e. The van der Waals surface area contributed by atoms with E-state index in [1.165, 1.54) is 4.90 Å². The van der Waals surface area contributed by atoms with Gasteiger partial charge in [0.15, 0.2) is 0 Å². The van der Waals surface area contributed by atoms with Crippen LogP contribution in [0.3, 0.4) is 0 Å². The number of nitrogens with one attached hydrogen (secondary N) is 2. The number of anilines is 2. The zero-order valence-corrected chi connectivity index (χ0v) is 27.1. The van der Waals surface area contributed by atoms with E-state index in [1.807, 2.05) is 18.2 Å². The topological polar surface area (TPSA) is 124 Å². The lowest BCUT2D eigenvalue weighted by Gasteiger charge is -2.35. The molecule has 15 heteroatoms. The van der Waals surface area contributed by atoms with Crippen LogP contribution < -0.4 is 10.6 Å². The molecule has 3 atom stereocenters. The average Bonchev–Trinajstić information content (AvgIpc) is 3.63. The predicted octanol–water partition coefficient (Wildman–Crippen LogP) is 4.62. The lowest BCUT2D eigenvalue weighted by Crippen LogP contribution is -2.52. The summed E-state index contributed by atoms with van der Waals surface area (Å²) in [5.41, 5.74) is 0.400. The first-order valence-electron chi connectivity index (χ1n) is 15.9. The van der Waals surface area contributed by atoms with Crippen LogP contribution in [0, 0.1) is 11.2 Å². The first-order valence-corrected chi connectivity index (χ1v) is 15.9. The molecule has 3 aliphatic heterocycles. The van der Waals surface area contributed by atoms with E-state index in [0.29, 0.717) is 25.2 Å². The molecular weight excluding hydrogens is 638 g/mol. The highest BCUT2D eigenvalue weighted by molar-refractivity contribution is 5.90. The minimum absolute atomic E-state index is 0.167. The van der Waals surface area contributed by atoms with Crippen molar-refractivity contribution in [2.75, 3.05) is 56.6 Å². The van der Waals surface area contributed by atoms with Crippen molar-refractivity contribution in [2.45, 2.75) is 64.6 Å². The third-order valence-corrected chi connectivity index (χ3v) is 8.80. The molecule has 5 rings (SSSR count). The van der Waals surface area contributed by atoms with Crippen molar-refractivity contribution in [3.05, 3.63) is 58.9 Å². The quantitative estimate of drug-likeness (QED) is 0.326. The first-order chi connectivity index (χ1) is 22.6. The zero-order chi connectivity index (χ0) is 34.8. The number of morpholine rings is 1. The van der Waals surface area contributed by atoms with E-state index < -0.39 is 59.1 Å². The Labute approximate surface area is 276 Å². The predicted molar refractivity (Wildman–Crippen MR) is 168 cm³/mol. The van der Waals surface area contributed by atoms with E-state index >= 15 is 0 Å². The van der Waals surface area contributed by atoms with Crippen LogP contribution in [0.4, 0.5) is 33.7 Å². The minimum atomic E-state index is -4.82. The Morgan fingerprint density at radius 2 is 1.73 bits per heavy atom. The second-order valence-electron chi connectivity index (χ2n) is 13.5. The molecule has 0 radical (unpaired) electrons. The number of likely N-dealkylation sites (tertiary alicyclic amines) is 1. The molecule has 3 heterocycles. The largest absolute Gasteiger partial charge is 0.480 e. The van der Waals surface area contributed by atoms with Gasteiger partial charge in [-0.2, -0.15) is 13.2 Å². The molecule has 3 N–H and O–H groups in total. The summed E-state index contributed by atoms with van der Waals surface area (Å²) in [6, 6.07) is 5.20. The van der Waals surface area contributed by atoms with Crippen LogP contribution >= 0.6 is 0 Å². The molecule has 2 saturated heterocycles. The third-order valence-electron chi connectivity index (χ3n) is 8.80.